The second-order valence-electron chi connectivity index (χ2n) is 8.87. The molecule has 3 aromatic rings. The maximum atomic E-state index is 13.0. The molecule has 0 amide bonds. The fourth-order valence-corrected chi connectivity index (χ4v) is 4.26. The van der Waals surface area contributed by atoms with E-state index < -0.39 is 10.0 Å². The van der Waals surface area contributed by atoms with Crippen LogP contribution in [-0.4, -0.2) is 24.2 Å². The van der Waals surface area contributed by atoms with Gasteiger partial charge >= 0.3 is 0 Å². The predicted molar refractivity (Wildman–Crippen MR) is 127 cm³/mol. The number of aromatic nitrogens is 2. The topological polar surface area (TPSA) is 76.0 Å². The summed E-state index contributed by atoms with van der Waals surface area (Å²) >= 11 is 6.19. The van der Waals surface area contributed by atoms with Crippen LogP contribution in [0.3, 0.4) is 0 Å². The summed E-state index contributed by atoms with van der Waals surface area (Å²) < 4.78 is 30.4. The monoisotopic (exact) mass is 460 g/mol. The lowest BCUT2D eigenvalue weighted by Crippen LogP contribution is -2.21. The van der Waals surface area contributed by atoms with Gasteiger partial charge in [0.05, 0.1) is 22.5 Å². The maximum Gasteiger partial charge on any atom is 0.261 e. The number of sulfonamides is 1. The minimum Gasteiger partial charge on any atom is -0.310 e. The summed E-state index contributed by atoms with van der Waals surface area (Å²) in [5.74, 6) is 0. The SMILES string of the molecule is CC(C)NCc1cnn(-c2cc(Cl)ccc2NS(=O)(=O)c2ccc(C(C)(C)C)cc2)c1. The summed E-state index contributed by atoms with van der Waals surface area (Å²) in [4.78, 5) is 0.198. The van der Waals surface area contributed by atoms with Crippen molar-refractivity contribution in [3.05, 3.63) is 71.0 Å². The van der Waals surface area contributed by atoms with E-state index in [4.69, 9.17) is 11.6 Å². The van der Waals surface area contributed by atoms with Crippen LogP contribution in [0.1, 0.15) is 45.7 Å². The van der Waals surface area contributed by atoms with Crippen molar-refractivity contribution in [3.8, 4) is 5.69 Å². The third-order valence-electron chi connectivity index (χ3n) is 4.83. The third-order valence-corrected chi connectivity index (χ3v) is 6.45. The molecule has 0 radical (unpaired) electrons. The summed E-state index contributed by atoms with van der Waals surface area (Å²) in [5, 5.41) is 8.22. The van der Waals surface area contributed by atoms with Gasteiger partial charge in [0.15, 0.2) is 0 Å². The molecule has 166 valence electrons. The van der Waals surface area contributed by atoms with Gasteiger partial charge in [-0.2, -0.15) is 5.10 Å². The second kappa shape index (κ2) is 9.02. The number of benzene rings is 2. The van der Waals surface area contributed by atoms with E-state index in [1.807, 2.05) is 18.3 Å². The first kappa shape index (κ1) is 23.3. The standard InChI is InChI=1S/C23H29ClN4O2S/c1-16(2)25-13-17-14-26-28(15-17)22-12-19(24)8-11-21(22)27-31(29,30)20-9-6-18(7-10-20)23(3,4)5/h6-12,14-16,25,27H,13H2,1-5H3. The quantitative estimate of drug-likeness (QED) is 0.513. The molecule has 2 aromatic carbocycles. The zero-order chi connectivity index (χ0) is 22.8. The third kappa shape index (κ3) is 5.87. The zero-order valence-corrected chi connectivity index (χ0v) is 20.1. The molecule has 0 spiro atoms. The van der Waals surface area contributed by atoms with Crippen LogP contribution in [0.25, 0.3) is 5.69 Å². The number of anilines is 1. The largest absolute Gasteiger partial charge is 0.310 e. The highest BCUT2D eigenvalue weighted by atomic mass is 35.5. The van der Waals surface area contributed by atoms with Gasteiger partial charge in [0.1, 0.15) is 0 Å². The fourth-order valence-electron chi connectivity index (χ4n) is 3.02. The van der Waals surface area contributed by atoms with Crippen molar-refractivity contribution in [2.24, 2.45) is 0 Å². The highest BCUT2D eigenvalue weighted by molar-refractivity contribution is 7.92. The van der Waals surface area contributed by atoms with E-state index in [0.717, 1.165) is 11.1 Å². The van der Waals surface area contributed by atoms with Crippen molar-refractivity contribution < 1.29 is 8.42 Å². The first-order valence-corrected chi connectivity index (χ1v) is 12.0. The van der Waals surface area contributed by atoms with Gasteiger partial charge < -0.3 is 5.32 Å². The van der Waals surface area contributed by atoms with Crippen molar-refractivity contribution in [2.45, 2.75) is 57.5 Å². The average molecular weight is 461 g/mol. The van der Waals surface area contributed by atoms with Gasteiger partial charge in [-0.3, -0.25) is 4.72 Å². The normalized spacial score (nSPS) is 12.4. The zero-order valence-electron chi connectivity index (χ0n) is 18.5. The first-order valence-electron chi connectivity index (χ1n) is 10.2. The van der Waals surface area contributed by atoms with Crippen LogP contribution in [0.15, 0.2) is 59.8 Å². The lowest BCUT2D eigenvalue weighted by molar-refractivity contribution is 0.587. The number of hydrogen-bond acceptors (Lipinski definition) is 4. The number of hydrogen-bond donors (Lipinski definition) is 2. The number of halogens is 1. The molecule has 0 saturated carbocycles. The Morgan fingerprint density at radius 1 is 1.10 bits per heavy atom. The van der Waals surface area contributed by atoms with E-state index in [1.54, 1.807) is 41.2 Å². The van der Waals surface area contributed by atoms with Crippen LogP contribution in [0.2, 0.25) is 5.02 Å². The van der Waals surface area contributed by atoms with E-state index in [0.29, 0.717) is 29.0 Å². The first-order chi connectivity index (χ1) is 14.5. The van der Waals surface area contributed by atoms with Crippen LogP contribution in [-0.2, 0) is 22.0 Å². The van der Waals surface area contributed by atoms with Gasteiger partial charge in [-0.15, -0.1) is 0 Å². The smallest absolute Gasteiger partial charge is 0.261 e. The molecule has 0 aliphatic carbocycles. The highest BCUT2D eigenvalue weighted by Crippen LogP contribution is 2.28. The van der Waals surface area contributed by atoms with E-state index in [9.17, 15) is 8.42 Å². The van der Waals surface area contributed by atoms with Gasteiger partial charge in [0, 0.05) is 29.4 Å². The van der Waals surface area contributed by atoms with Crippen molar-refractivity contribution in [1.29, 1.82) is 0 Å². The Bertz CT molecular complexity index is 1150. The van der Waals surface area contributed by atoms with Crippen LogP contribution >= 0.6 is 11.6 Å². The highest BCUT2D eigenvalue weighted by Gasteiger charge is 2.19. The molecule has 6 nitrogen and oxygen atoms in total. The van der Waals surface area contributed by atoms with Crippen molar-refractivity contribution in [3.63, 3.8) is 0 Å². The molecular formula is C23H29ClN4O2S. The summed E-state index contributed by atoms with van der Waals surface area (Å²) in [6.07, 6.45) is 3.61. The molecule has 0 fully saturated rings. The molecule has 0 atom stereocenters. The van der Waals surface area contributed by atoms with Gasteiger partial charge in [-0.05, 0) is 41.3 Å². The summed E-state index contributed by atoms with van der Waals surface area (Å²) in [6.45, 7) is 11.1. The summed E-state index contributed by atoms with van der Waals surface area (Å²) in [5.41, 5.74) is 2.95. The van der Waals surface area contributed by atoms with Crippen LogP contribution in [0.5, 0.6) is 0 Å². The second-order valence-corrected chi connectivity index (χ2v) is 11.0. The van der Waals surface area contributed by atoms with Crippen molar-refractivity contribution in [1.82, 2.24) is 15.1 Å². The Morgan fingerprint density at radius 3 is 2.39 bits per heavy atom. The van der Waals surface area contributed by atoms with Crippen molar-refractivity contribution in [2.75, 3.05) is 4.72 Å². The molecule has 2 N–H and O–H groups in total. The molecule has 1 aromatic heterocycles. The molecule has 0 aliphatic rings. The van der Waals surface area contributed by atoms with Crippen LogP contribution in [0, 0.1) is 0 Å². The predicted octanol–water partition coefficient (Wildman–Crippen LogP) is 5.12. The molecule has 31 heavy (non-hydrogen) atoms. The van der Waals surface area contributed by atoms with Crippen LogP contribution < -0.4 is 10.0 Å². The Morgan fingerprint density at radius 2 is 1.77 bits per heavy atom. The molecule has 1 heterocycles. The minimum atomic E-state index is -3.78. The molecule has 0 unspecified atom stereocenters. The van der Waals surface area contributed by atoms with Gasteiger partial charge in [0.2, 0.25) is 0 Å². The molecule has 0 aliphatic heterocycles. The van der Waals surface area contributed by atoms with E-state index in [2.05, 4.69) is 49.8 Å². The molecule has 3 rings (SSSR count). The van der Waals surface area contributed by atoms with Gasteiger partial charge in [0.25, 0.3) is 10.0 Å². The van der Waals surface area contributed by atoms with Crippen LogP contribution in [0.4, 0.5) is 5.69 Å². The molecule has 8 heteroatoms. The van der Waals surface area contributed by atoms with Gasteiger partial charge in [-0.1, -0.05) is 58.4 Å². The number of rotatable bonds is 7. The molecular weight excluding hydrogens is 432 g/mol. The number of nitrogens with zero attached hydrogens (tertiary/aromatic N) is 2. The summed E-state index contributed by atoms with van der Waals surface area (Å²) in [7, 11) is -3.78. The Labute approximate surface area is 189 Å². The number of nitrogens with one attached hydrogen (secondary N) is 2. The van der Waals surface area contributed by atoms with E-state index in [-0.39, 0.29) is 10.3 Å². The Kier molecular flexibility index (Phi) is 6.79. The van der Waals surface area contributed by atoms with E-state index >= 15 is 0 Å². The lowest BCUT2D eigenvalue weighted by Gasteiger charge is -2.19. The fraction of sp³-hybridized carbons (Fsp3) is 0.348. The average Bonchev–Trinajstić information content (AvgIpc) is 3.16. The summed E-state index contributed by atoms with van der Waals surface area (Å²) in [6, 6.07) is 12.3. The Hall–Kier alpha value is -2.35. The Balaban J connectivity index is 1.90. The van der Waals surface area contributed by atoms with Gasteiger partial charge in [-0.25, -0.2) is 13.1 Å². The minimum absolute atomic E-state index is 0.0543. The maximum absolute atomic E-state index is 13.0. The molecule has 0 saturated heterocycles. The van der Waals surface area contributed by atoms with E-state index in [1.165, 1.54) is 0 Å². The lowest BCUT2D eigenvalue weighted by atomic mass is 9.87. The molecule has 0 bridgehead atoms. The van der Waals surface area contributed by atoms with Crippen molar-refractivity contribution >= 4 is 27.3 Å².